The number of nitrogens with one attached hydrogen (secondary N) is 1. The average molecular weight is 347 g/mol. The van der Waals surface area contributed by atoms with E-state index in [1.807, 2.05) is 0 Å². The molecule has 5 heteroatoms. The fourth-order valence-corrected chi connectivity index (χ4v) is 3.24. The van der Waals surface area contributed by atoms with Crippen molar-refractivity contribution >= 4 is 11.6 Å². The molecule has 140 valence electrons. The van der Waals surface area contributed by atoms with Crippen LogP contribution in [0.3, 0.4) is 0 Å². The number of hydrogen-bond acceptors (Lipinski definition) is 4. The fourth-order valence-electron chi connectivity index (χ4n) is 3.24. The number of rotatable bonds is 7. The lowest BCUT2D eigenvalue weighted by atomic mass is 10.0. The minimum Gasteiger partial charge on any atom is -0.378 e. The van der Waals surface area contributed by atoms with Gasteiger partial charge in [0.05, 0.1) is 6.04 Å². The first kappa shape index (κ1) is 19.7. The molecule has 1 aromatic rings. The summed E-state index contributed by atoms with van der Waals surface area (Å²) in [4.78, 5) is 19.1. The van der Waals surface area contributed by atoms with Gasteiger partial charge < -0.3 is 15.1 Å². The van der Waals surface area contributed by atoms with Crippen LogP contribution in [0.1, 0.15) is 31.9 Å². The first-order chi connectivity index (χ1) is 11.9. The van der Waals surface area contributed by atoms with Crippen LogP contribution in [-0.4, -0.2) is 69.6 Å². The summed E-state index contributed by atoms with van der Waals surface area (Å²) in [5, 5.41) is 3.15. The molecule has 0 radical (unpaired) electrons. The van der Waals surface area contributed by atoms with Gasteiger partial charge in [0.15, 0.2) is 0 Å². The number of hydrogen-bond donors (Lipinski definition) is 1. The van der Waals surface area contributed by atoms with Crippen molar-refractivity contribution in [2.75, 3.05) is 58.8 Å². The molecule has 0 aliphatic carbocycles. The van der Waals surface area contributed by atoms with E-state index in [1.165, 1.54) is 11.3 Å². The van der Waals surface area contributed by atoms with Gasteiger partial charge in [-0.25, -0.2) is 0 Å². The molecule has 1 amide bonds. The number of piperazine rings is 1. The van der Waals surface area contributed by atoms with Crippen LogP contribution in [0.15, 0.2) is 24.3 Å². The molecular weight excluding hydrogens is 312 g/mol. The van der Waals surface area contributed by atoms with Crippen molar-refractivity contribution in [3.05, 3.63) is 29.8 Å². The average Bonchev–Trinajstić information content (AvgIpc) is 2.56. The summed E-state index contributed by atoms with van der Waals surface area (Å²) < 4.78 is 0. The number of anilines is 1. The van der Waals surface area contributed by atoms with Gasteiger partial charge >= 0.3 is 0 Å². The van der Waals surface area contributed by atoms with Crippen LogP contribution in [0.5, 0.6) is 0 Å². The van der Waals surface area contributed by atoms with Gasteiger partial charge in [0.2, 0.25) is 5.91 Å². The number of likely N-dealkylation sites (N-methyl/N-ethyl adjacent to an activating group) is 1. The van der Waals surface area contributed by atoms with Gasteiger partial charge in [-0.15, -0.1) is 0 Å². The fraction of sp³-hybridized carbons (Fsp3) is 0.650. The summed E-state index contributed by atoms with van der Waals surface area (Å²) in [5.41, 5.74) is 2.48. The molecule has 5 nitrogen and oxygen atoms in total. The second kappa shape index (κ2) is 9.20. The lowest BCUT2D eigenvalue weighted by Gasteiger charge is -2.38. The van der Waals surface area contributed by atoms with Gasteiger partial charge in [0.1, 0.15) is 0 Å². The van der Waals surface area contributed by atoms with Crippen LogP contribution in [0.2, 0.25) is 0 Å². The molecule has 1 aliphatic heterocycles. The summed E-state index contributed by atoms with van der Waals surface area (Å²) in [6.07, 6.45) is 0.592. The Hall–Kier alpha value is -1.59. The number of amides is 1. The first-order valence-electron chi connectivity index (χ1n) is 9.33. The zero-order valence-corrected chi connectivity index (χ0v) is 16.5. The van der Waals surface area contributed by atoms with Gasteiger partial charge in [0, 0.05) is 58.9 Å². The van der Waals surface area contributed by atoms with E-state index in [9.17, 15) is 4.79 Å². The van der Waals surface area contributed by atoms with Gasteiger partial charge in [0.25, 0.3) is 0 Å². The van der Waals surface area contributed by atoms with Gasteiger partial charge in [-0.1, -0.05) is 26.0 Å². The summed E-state index contributed by atoms with van der Waals surface area (Å²) >= 11 is 0. The summed E-state index contributed by atoms with van der Waals surface area (Å²) in [5.74, 6) is 0.542. The second-order valence-electron chi connectivity index (χ2n) is 7.74. The van der Waals surface area contributed by atoms with Crippen LogP contribution in [0, 0.1) is 5.92 Å². The highest BCUT2D eigenvalue weighted by Crippen LogP contribution is 2.24. The Morgan fingerprint density at radius 3 is 2.24 bits per heavy atom. The van der Waals surface area contributed by atoms with Crippen molar-refractivity contribution in [2.45, 2.75) is 26.3 Å². The van der Waals surface area contributed by atoms with E-state index in [2.05, 4.69) is 79.3 Å². The summed E-state index contributed by atoms with van der Waals surface area (Å²) in [6.45, 7) is 9.07. The lowest BCUT2D eigenvalue weighted by Crippen LogP contribution is -2.48. The molecule has 1 aromatic carbocycles. The minimum absolute atomic E-state index is 0.152. The standard InChI is InChI=1S/C20H34N4O/c1-16(2)14-20(25)21-15-19(24-12-10-23(5)11-13-24)17-6-8-18(9-7-17)22(3)4/h6-9,16,19H,10-15H2,1-5H3,(H,21,25)/t19-/m1/s1. The Labute approximate surface area is 153 Å². The Morgan fingerprint density at radius 2 is 1.72 bits per heavy atom. The highest BCUT2D eigenvalue weighted by molar-refractivity contribution is 5.76. The zero-order chi connectivity index (χ0) is 18.4. The van der Waals surface area contributed by atoms with Crippen LogP contribution >= 0.6 is 0 Å². The molecule has 1 fully saturated rings. The van der Waals surface area contributed by atoms with Gasteiger partial charge in [-0.05, 0) is 30.7 Å². The third-order valence-corrected chi connectivity index (χ3v) is 4.86. The van der Waals surface area contributed by atoms with E-state index in [0.29, 0.717) is 18.9 Å². The van der Waals surface area contributed by atoms with E-state index in [4.69, 9.17) is 0 Å². The smallest absolute Gasteiger partial charge is 0.220 e. The monoisotopic (exact) mass is 346 g/mol. The third-order valence-electron chi connectivity index (χ3n) is 4.86. The minimum atomic E-state index is 0.152. The maximum atomic E-state index is 12.1. The molecule has 0 aromatic heterocycles. The lowest BCUT2D eigenvalue weighted by molar-refractivity contribution is -0.122. The third kappa shape index (κ3) is 6.01. The van der Waals surface area contributed by atoms with Crippen molar-refractivity contribution in [1.82, 2.24) is 15.1 Å². The number of benzene rings is 1. The molecule has 1 saturated heterocycles. The predicted molar refractivity (Wildman–Crippen MR) is 105 cm³/mol. The summed E-state index contributed by atoms with van der Waals surface area (Å²) in [6, 6.07) is 8.96. The molecule has 0 saturated carbocycles. The SMILES string of the molecule is CC(C)CC(=O)NC[C@H](c1ccc(N(C)C)cc1)N1CCN(C)CC1. The molecule has 1 atom stereocenters. The van der Waals surface area contributed by atoms with Crippen LogP contribution in [-0.2, 0) is 4.79 Å². The normalized spacial score (nSPS) is 17.5. The molecule has 1 aliphatic rings. The zero-order valence-electron chi connectivity index (χ0n) is 16.5. The van der Waals surface area contributed by atoms with Gasteiger partial charge in [-0.2, -0.15) is 0 Å². The van der Waals surface area contributed by atoms with E-state index >= 15 is 0 Å². The van der Waals surface area contributed by atoms with Crippen molar-refractivity contribution in [1.29, 1.82) is 0 Å². The molecule has 0 bridgehead atoms. The molecule has 1 heterocycles. The van der Waals surface area contributed by atoms with E-state index < -0.39 is 0 Å². The number of carbonyl (C=O) groups excluding carboxylic acids is 1. The maximum Gasteiger partial charge on any atom is 0.220 e. The molecular formula is C20H34N4O. The van der Waals surface area contributed by atoms with E-state index in [1.54, 1.807) is 0 Å². The van der Waals surface area contributed by atoms with Crippen molar-refractivity contribution in [3.8, 4) is 0 Å². The number of carbonyl (C=O) groups is 1. The topological polar surface area (TPSA) is 38.8 Å². The van der Waals surface area contributed by atoms with Crippen molar-refractivity contribution in [3.63, 3.8) is 0 Å². The largest absolute Gasteiger partial charge is 0.378 e. The highest BCUT2D eigenvalue weighted by atomic mass is 16.1. The summed E-state index contributed by atoms with van der Waals surface area (Å²) in [7, 11) is 6.28. The Bertz CT molecular complexity index is 533. The Balaban J connectivity index is 2.09. The molecule has 2 rings (SSSR count). The Morgan fingerprint density at radius 1 is 1.12 bits per heavy atom. The van der Waals surface area contributed by atoms with Crippen LogP contribution in [0.25, 0.3) is 0 Å². The highest BCUT2D eigenvalue weighted by Gasteiger charge is 2.24. The molecule has 25 heavy (non-hydrogen) atoms. The van der Waals surface area contributed by atoms with Crippen LogP contribution < -0.4 is 10.2 Å². The maximum absolute atomic E-state index is 12.1. The van der Waals surface area contributed by atoms with Gasteiger partial charge in [-0.3, -0.25) is 9.69 Å². The second-order valence-corrected chi connectivity index (χ2v) is 7.74. The van der Waals surface area contributed by atoms with Crippen molar-refractivity contribution < 1.29 is 4.79 Å². The number of nitrogens with zero attached hydrogens (tertiary/aromatic N) is 3. The molecule has 1 N–H and O–H groups in total. The van der Waals surface area contributed by atoms with Crippen molar-refractivity contribution in [2.24, 2.45) is 5.92 Å². The predicted octanol–water partition coefficient (Wildman–Crippen LogP) is 2.20. The Kier molecular flexibility index (Phi) is 7.26. The first-order valence-corrected chi connectivity index (χ1v) is 9.33. The molecule has 0 spiro atoms. The molecule has 0 unspecified atom stereocenters. The quantitative estimate of drug-likeness (QED) is 0.822. The van der Waals surface area contributed by atoms with Crippen LogP contribution in [0.4, 0.5) is 5.69 Å². The van der Waals surface area contributed by atoms with E-state index in [-0.39, 0.29) is 11.9 Å². The van der Waals surface area contributed by atoms with E-state index in [0.717, 1.165) is 26.2 Å².